The van der Waals surface area contributed by atoms with Gasteiger partial charge in [-0.2, -0.15) is 0 Å². The molecule has 0 bridgehead atoms. The summed E-state index contributed by atoms with van der Waals surface area (Å²) in [6, 6.07) is 15.1. The summed E-state index contributed by atoms with van der Waals surface area (Å²) in [7, 11) is 0. The van der Waals surface area contributed by atoms with Crippen LogP contribution in [0, 0.1) is 0 Å². The second-order valence-electron chi connectivity index (χ2n) is 5.44. The first-order chi connectivity index (χ1) is 12.5. The molecule has 132 valence electrons. The number of ether oxygens (including phenoxy) is 1. The first-order valence-electron chi connectivity index (χ1n) is 7.81. The molecule has 0 aliphatic heterocycles. The molecule has 0 saturated heterocycles. The van der Waals surface area contributed by atoms with Crippen LogP contribution in [0.25, 0.3) is 0 Å². The molecule has 0 atom stereocenters. The Morgan fingerprint density at radius 3 is 2.62 bits per heavy atom. The summed E-state index contributed by atoms with van der Waals surface area (Å²) in [4.78, 5) is 29.9. The number of aromatic nitrogens is 1. The van der Waals surface area contributed by atoms with E-state index in [1.807, 2.05) is 30.3 Å². The van der Waals surface area contributed by atoms with Crippen molar-refractivity contribution in [1.29, 1.82) is 0 Å². The van der Waals surface area contributed by atoms with Crippen LogP contribution in [0.5, 0.6) is 5.75 Å². The lowest BCUT2D eigenvalue weighted by Gasteiger charge is -2.17. The highest BCUT2D eigenvalue weighted by Crippen LogP contribution is 2.29. The van der Waals surface area contributed by atoms with Crippen LogP contribution in [-0.4, -0.2) is 22.0 Å². The quantitative estimate of drug-likeness (QED) is 0.691. The Labute approximate surface area is 154 Å². The lowest BCUT2D eigenvalue weighted by Crippen LogP contribution is -2.22. The number of anilines is 2. The summed E-state index contributed by atoms with van der Waals surface area (Å²) in [5.74, 6) is -0.717. The van der Waals surface area contributed by atoms with Crippen LogP contribution in [0.4, 0.5) is 10.8 Å². The van der Waals surface area contributed by atoms with Gasteiger partial charge in [-0.3, -0.25) is 9.69 Å². The van der Waals surface area contributed by atoms with E-state index < -0.39 is 5.97 Å². The average molecular weight is 368 g/mol. The standard InChI is InChI=1S/C19H16N2O4S/c1-13(22)21(16-7-3-2-4-8-16)19-20-15(12-26-19)11-25-18(24)14-6-5-9-17(23)10-14/h2-10,12,23H,11H2,1H3. The van der Waals surface area contributed by atoms with Crippen molar-refractivity contribution in [2.45, 2.75) is 13.5 Å². The summed E-state index contributed by atoms with van der Waals surface area (Å²) in [5.41, 5.74) is 1.52. The molecular weight excluding hydrogens is 352 g/mol. The zero-order valence-corrected chi connectivity index (χ0v) is 14.8. The van der Waals surface area contributed by atoms with Crippen molar-refractivity contribution in [2.24, 2.45) is 0 Å². The number of aromatic hydroxyl groups is 1. The number of benzene rings is 2. The van der Waals surface area contributed by atoms with Crippen molar-refractivity contribution in [3.63, 3.8) is 0 Å². The molecule has 1 heterocycles. The van der Waals surface area contributed by atoms with Gasteiger partial charge >= 0.3 is 5.97 Å². The van der Waals surface area contributed by atoms with E-state index in [0.29, 0.717) is 10.8 Å². The number of esters is 1. The Bertz CT molecular complexity index is 924. The van der Waals surface area contributed by atoms with Gasteiger partial charge in [0.05, 0.1) is 16.9 Å². The van der Waals surface area contributed by atoms with E-state index in [1.54, 1.807) is 17.5 Å². The summed E-state index contributed by atoms with van der Waals surface area (Å²) in [5, 5.41) is 11.7. The molecule has 1 amide bonds. The van der Waals surface area contributed by atoms with Crippen LogP contribution in [0.1, 0.15) is 23.0 Å². The second-order valence-corrected chi connectivity index (χ2v) is 6.27. The smallest absolute Gasteiger partial charge is 0.338 e. The highest BCUT2D eigenvalue weighted by Gasteiger charge is 2.18. The number of para-hydroxylation sites is 1. The zero-order chi connectivity index (χ0) is 18.5. The fraction of sp³-hybridized carbons (Fsp3) is 0.105. The maximum atomic E-state index is 12.0. The topological polar surface area (TPSA) is 79.7 Å². The van der Waals surface area contributed by atoms with Gasteiger partial charge in [0, 0.05) is 12.3 Å². The zero-order valence-electron chi connectivity index (χ0n) is 14.0. The lowest BCUT2D eigenvalue weighted by atomic mass is 10.2. The van der Waals surface area contributed by atoms with Crippen molar-refractivity contribution in [3.05, 3.63) is 71.2 Å². The minimum absolute atomic E-state index is 0.00430. The molecule has 0 radical (unpaired) electrons. The highest BCUT2D eigenvalue weighted by molar-refractivity contribution is 7.14. The Morgan fingerprint density at radius 2 is 1.92 bits per heavy atom. The van der Waals surface area contributed by atoms with E-state index in [1.165, 1.54) is 35.3 Å². The number of thiazole rings is 1. The summed E-state index contributed by atoms with van der Waals surface area (Å²) >= 11 is 1.29. The van der Waals surface area contributed by atoms with Gasteiger partial charge in [-0.05, 0) is 30.3 Å². The molecule has 3 aromatic rings. The van der Waals surface area contributed by atoms with E-state index >= 15 is 0 Å². The largest absolute Gasteiger partial charge is 0.508 e. The molecule has 0 aliphatic rings. The van der Waals surface area contributed by atoms with Gasteiger partial charge in [0.25, 0.3) is 0 Å². The third-order valence-electron chi connectivity index (χ3n) is 3.49. The minimum atomic E-state index is -0.554. The predicted molar refractivity (Wildman–Crippen MR) is 98.6 cm³/mol. The van der Waals surface area contributed by atoms with E-state index in [-0.39, 0.29) is 23.8 Å². The molecule has 0 fully saturated rings. The Kier molecular flexibility index (Phi) is 5.28. The van der Waals surface area contributed by atoms with E-state index in [2.05, 4.69) is 4.98 Å². The molecule has 0 spiro atoms. The first-order valence-corrected chi connectivity index (χ1v) is 8.69. The number of nitrogens with zero attached hydrogens (tertiary/aromatic N) is 2. The molecule has 7 heteroatoms. The molecular formula is C19H16N2O4S. The number of carbonyl (C=O) groups is 2. The molecule has 0 saturated carbocycles. The average Bonchev–Trinajstić information content (AvgIpc) is 3.09. The van der Waals surface area contributed by atoms with Crippen molar-refractivity contribution >= 4 is 34.0 Å². The molecule has 0 unspecified atom stereocenters. The molecule has 0 aliphatic carbocycles. The van der Waals surface area contributed by atoms with Gasteiger partial charge in [0.15, 0.2) is 5.13 Å². The summed E-state index contributed by atoms with van der Waals surface area (Å²) in [6.45, 7) is 1.45. The van der Waals surface area contributed by atoms with E-state index in [4.69, 9.17) is 4.74 Å². The Hall–Kier alpha value is -3.19. The van der Waals surface area contributed by atoms with Crippen molar-refractivity contribution in [3.8, 4) is 5.75 Å². The Morgan fingerprint density at radius 1 is 1.15 bits per heavy atom. The number of phenols is 1. The number of hydrogen-bond donors (Lipinski definition) is 1. The molecule has 2 aromatic carbocycles. The maximum absolute atomic E-state index is 12.0. The monoisotopic (exact) mass is 368 g/mol. The third-order valence-corrected chi connectivity index (χ3v) is 4.37. The maximum Gasteiger partial charge on any atom is 0.338 e. The molecule has 6 nitrogen and oxygen atoms in total. The van der Waals surface area contributed by atoms with Gasteiger partial charge in [0.2, 0.25) is 5.91 Å². The number of rotatable bonds is 5. The van der Waals surface area contributed by atoms with Crippen molar-refractivity contribution < 1.29 is 19.4 Å². The normalized spacial score (nSPS) is 10.3. The van der Waals surface area contributed by atoms with Gasteiger partial charge in [-0.1, -0.05) is 24.3 Å². The van der Waals surface area contributed by atoms with Crippen LogP contribution < -0.4 is 4.90 Å². The molecule has 26 heavy (non-hydrogen) atoms. The fourth-order valence-corrected chi connectivity index (χ4v) is 3.20. The van der Waals surface area contributed by atoms with Crippen molar-refractivity contribution in [1.82, 2.24) is 4.98 Å². The first kappa shape index (κ1) is 17.6. The number of hydrogen-bond acceptors (Lipinski definition) is 6. The van der Waals surface area contributed by atoms with Gasteiger partial charge in [-0.25, -0.2) is 9.78 Å². The van der Waals surface area contributed by atoms with E-state index in [0.717, 1.165) is 5.69 Å². The minimum Gasteiger partial charge on any atom is -0.508 e. The van der Waals surface area contributed by atoms with Gasteiger partial charge in [0.1, 0.15) is 12.4 Å². The molecule has 3 rings (SSSR count). The Balaban J connectivity index is 1.71. The van der Waals surface area contributed by atoms with Crippen LogP contribution in [0.15, 0.2) is 60.0 Å². The predicted octanol–water partition coefficient (Wildman–Crippen LogP) is 3.89. The fourth-order valence-electron chi connectivity index (χ4n) is 2.32. The third kappa shape index (κ3) is 4.07. The van der Waals surface area contributed by atoms with E-state index in [9.17, 15) is 14.7 Å². The van der Waals surface area contributed by atoms with Crippen molar-refractivity contribution in [2.75, 3.05) is 4.90 Å². The number of amides is 1. The van der Waals surface area contributed by atoms with Gasteiger partial charge in [-0.15, -0.1) is 11.3 Å². The summed E-state index contributed by atoms with van der Waals surface area (Å²) in [6.07, 6.45) is 0. The van der Waals surface area contributed by atoms with Crippen LogP contribution >= 0.6 is 11.3 Å². The lowest BCUT2D eigenvalue weighted by molar-refractivity contribution is -0.115. The SMILES string of the molecule is CC(=O)N(c1ccccc1)c1nc(COC(=O)c2cccc(O)c2)cs1. The molecule has 1 N–H and O–H groups in total. The number of phenolic OH excluding ortho intramolecular Hbond substituents is 1. The molecule has 1 aromatic heterocycles. The highest BCUT2D eigenvalue weighted by atomic mass is 32.1. The van der Waals surface area contributed by atoms with Crippen LogP contribution in [-0.2, 0) is 16.1 Å². The van der Waals surface area contributed by atoms with Crippen LogP contribution in [0.3, 0.4) is 0 Å². The van der Waals surface area contributed by atoms with Crippen LogP contribution in [0.2, 0.25) is 0 Å². The summed E-state index contributed by atoms with van der Waals surface area (Å²) < 4.78 is 5.22. The number of carbonyl (C=O) groups excluding carboxylic acids is 2. The second kappa shape index (κ2) is 7.79. The van der Waals surface area contributed by atoms with Gasteiger partial charge < -0.3 is 9.84 Å².